The normalized spacial score (nSPS) is 13.6. The van der Waals surface area contributed by atoms with Crippen LogP contribution in [0.2, 0.25) is 0 Å². The maximum atomic E-state index is 4.08. The first-order chi connectivity index (χ1) is 10.9. The molecule has 23 heavy (non-hydrogen) atoms. The van der Waals surface area contributed by atoms with Crippen LogP contribution in [-0.2, 0) is 12.8 Å². The molecule has 2 N–H and O–H groups in total. The van der Waals surface area contributed by atoms with E-state index in [1.54, 1.807) is 0 Å². The smallest absolute Gasteiger partial charge is 0.0270 e. The number of benzene rings is 2. The Morgan fingerprint density at radius 3 is 1.52 bits per heavy atom. The fourth-order valence-corrected chi connectivity index (χ4v) is 2.44. The zero-order valence-corrected chi connectivity index (χ0v) is 12.9. The van der Waals surface area contributed by atoms with E-state index < -0.39 is 0 Å². The van der Waals surface area contributed by atoms with Gasteiger partial charge >= 0.3 is 0 Å². The number of aliphatic imine (C=N–C) groups is 2. The average molecular weight is 304 g/mol. The summed E-state index contributed by atoms with van der Waals surface area (Å²) in [6, 6.07) is 16.7. The van der Waals surface area contributed by atoms with Gasteiger partial charge < -0.3 is 5.48 Å². The fourth-order valence-electron chi connectivity index (χ4n) is 2.44. The minimum atomic E-state index is 0. The highest BCUT2D eigenvalue weighted by molar-refractivity contribution is 5.70. The molecule has 0 atom stereocenters. The first kappa shape index (κ1) is 16.6. The zero-order chi connectivity index (χ0) is 15.0. The Kier molecular flexibility index (Phi) is 6.21. The van der Waals surface area contributed by atoms with E-state index >= 15 is 0 Å². The second-order valence-corrected chi connectivity index (χ2v) is 5.10. The van der Waals surface area contributed by atoms with Gasteiger partial charge in [-0.2, -0.15) is 0 Å². The van der Waals surface area contributed by atoms with E-state index in [2.05, 4.69) is 58.5 Å². The van der Waals surface area contributed by atoms with Gasteiger partial charge in [-0.25, -0.2) is 0 Å². The lowest BCUT2D eigenvalue weighted by Crippen LogP contribution is -1.87. The molecule has 0 spiro atoms. The molecule has 4 rings (SSSR count). The summed E-state index contributed by atoms with van der Waals surface area (Å²) in [6.07, 6.45) is 13.5. The van der Waals surface area contributed by atoms with Crippen LogP contribution >= 0.6 is 0 Å². The molecule has 2 heterocycles. The van der Waals surface area contributed by atoms with Gasteiger partial charge in [0.25, 0.3) is 0 Å². The summed E-state index contributed by atoms with van der Waals surface area (Å²) in [7, 11) is 0. The van der Waals surface area contributed by atoms with E-state index in [1.165, 1.54) is 22.3 Å². The van der Waals surface area contributed by atoms with Crippen LogP contribution in [0.4, 0.5) is 0 Å². The summed E-state index contributed by atoms with van der Waals surface area (Å²) in [5.41, 5.74) is 5.27. The van der Waals surface area contributed by atoms with E-state index in [1.807, 2.05) is 37.0 Å². The summed E-state index contributed by atoms with van der Waals surface area (Å²) >= 11 is 0. The Bertz CT molecular complexity index is 692. The fraction of sp³-hybridized carbons (Fsp3) is 0.100. The Balaban J connectivity index is 0.000000160. The van der Waals surface area contributed by atoms with E-state index in [4.69, 9.17) is 0 Å². The molecule has 3 heteroatoms. The Morgan fingerprint density at radius 1 is 0.609 bits per heavy atom. The molecular weight excluding hydrogens is 284 g/mol. The van der Waals surface area contributed by atoms with Crippen molar-refractivity contribution in [3.63, 3.8) is 0 Å². The van der Waals surface area contributed by atoms with Crippen molar-refractivity contribution in [3.8, 4) is 0 Å². The van der Waals surface area contributed by atoms with Crippen LogP contribution in [0.25, 0.3) is 12.2 Å². The van der Waals surface area contributed by atoms with Crippen molar-refractivity contribution in [2.45, 2.75) is 12.8 Å². The molecule has 0 aromatic heterocycles. The predicted octanol–water partition coefficient (Wildman–Crippen LogP) is 3.74. The molecule has 116 valence electrons. The monoisotopic (exact) mass is 304 g/mol. The molecule has 0 aliphatic carbocycles. The maximum absolute atomic E-state index is 4.08. The third kappa shape index (κ3) is 4.59. The highest BCUT2D eigenvalue weighted by atomic mass is 16.0. The van der Waals surface area contributed by atoms with E-state index in [0.717, 1.165) is 12.8 Å². The maximum Gasteiger partial charge on any atom is 0.0270 e. The van der Waals surface area contributed by atoms with Crippen molar-refractivity contribution >= 4 is 24.6 Å². The van der Waals surface area contributed by atoms with Crippen molar-refractivity contribution < 1.29 is 5.48 Å². The number of fused-ring (bicyclic) bond motifs is 2. The van der Waals surface area contributed by atoms with Gasteiger partial charge in [0.1, 0.15) is 0 Å². The molecule has 0 amide bonds. The lowest BCUT2D eigenvalue weighted by molar-refractivity contribution is 0.824. The molecule has 2 aliphatic heterocycles. The van der Waals surface area contributed by atoms with Crippen molar-refractivity contribution in [2.75, 3.05) is 0 Å². The minimum absolute atomic E-state index is 0. The Labute approximate surface area is 136 Å². The minimum Gasteiger partial charge on any atom is -0.412 e. The number of rotatable bonds is 0. The molecule has 2 aromatic carbocycles. The highest BCUT2D eigenvalue weighted by Crippen LogP contribution is 2.13. The van der Waals surface area contributed by atoms with Gasteiger partial charge in [0.05, 0.1) is 0 Å². The largest absolute Gasteiger partial charge is 0.412 e. The van der Waals surface area contributed by atoms with Gasteiger partial charge in [0.2, 0.25) is 0 Å². The van der Waals surface area contributed by atoms with Crippen molar-refractivity contribution in [1.29, 1.82) is 0 Å². The van der Waals surface area contributed by atoms with Crippen LogP contribution in [-0.4, -0.2) is 17.9 Å². The van der Waals surface area contributed by atoms with Gasteiger partial charge in [-0.3, -0.25) is 9.98 Å². The topological polar surface area (TPSA) is 56.2 Å². The molecule has 0 unspecified atom stereocenters. The molecular formula is C20H20N2O. The van der Waals surface area contributed by atoms with E-state index in [9.17, 15) is 0 Å². The summed E-state index contributed by atoms with van der Waals surface area (Å²) in [5.74, 6) is 0. The Hall–Kier alpha value is -2.78. The van der Waals surface area contributed by atoms with Crippen LogP contribution in [0.5, 0.6) is 0 Å². The first-order valence-electron chi connectivity index (χ1n) is 7.46. The molecule has 2 aliphatic rings. The molecule has 2 aromatic rings. The molecule has 0 saturated carbocycles. The van der Waals surface area contributed by atoms with Crippen LogP contribution in [0.3, 0.4) is 0 Å². The van der Waals surface area contributed by atoms with Gasteiger partial charge in [-0.05, 0) is 34.4 Å². The SMILES string of the molecule is C1=Cc2ccccc2CC=N1.C1=Cc2ccccc2CC=N1.O. The van der Waals surface area contributed by atoms with E-state index in [-0.39, 0.29) is 5.48 Å². The molecule has 0 saturated heterocycles. The first-order valence-corrected chi connectivity index (χ1v) is 7.46. The summed E-state index contributed by atoms with van der Waals surface area (Å²) < 4.78 is 0. The lowest BCUT2D eigenvalue weighted by atomic mass is 10.1. The lowest BCUT2D eigenvalue weighted by Gasteiger charge is -1.98. The van der Waals surface area contributed by atoms with Gasteiger partial charge in [0.15, 0.2) is 0 Å². The van der Waals surface area contributed by atoms with Crippen molar-refractivity contribution in [1.82, 2.24) is 0 Å². The van der Waals surface area contributed by atoms with Crippen LogP contribution in [0.1, 0.15) is 22.3 Å². The standard InChI is InChI=1S/2C10H9N.H2O/c2*1-2-4-10-6-8-11-7-5-9(10)3-1;/h2*1-5,7-8H,6H2;1H2. The van der Waals surface area contributed by atoms with Gasteiger partial charge in [0, 0.05) is 37.7 Å². The summed E-state index contributed by atoms with van der Waals surface area (Å²) in [6.45, 7) is 0. The van der Waals surface area contributed by atoms with Crippen LogP contribution in [0, 0.1) is 0 Å². The zero-order valence-electron chi connectivity index (χ0n) is 12.9. The summed E-state index contributed by atoms with van der Waals surface area (Å²) in [4.78, 5) is 8.16. The third-order valence-corrected chi connectivity index (χ3v) is 3.62. The predicted molar refractivity (Wildman–Crippen MR) is 99.0 cm³/mol. The number of hydrogen-bond acceptors (Lipinski definition) is 2. The van der Waals surface area contributed by atoms with Gasteiger partial charge in [-0.1, -0.05) is 48.5 Å². The summed E-state index contributed by atoms with van der Waals surface area (Å²) in [5, 5.41) is 0. The van der Waals surface area contributed by atoms with E-state index in [0.29, 0.717) is 0 Å². The molecule has 0 radical (unpaired) electrons. The average Bonchev–Trinajstić information content (AvgIpc) is 2.95. The second-order valence-electron chi connectivity index (χ2n) is 5.10. The number of nitrogens with zero attached hydrogens (tertiary/aromatic N) is 2. The Morgan fingerprint density at radius 2 is 1.04 bits per heavy atom. The van der Waals surface area contributed by atoms with Gasteiger partial charge in [-0.15, -0.1) is 0 Å². The quantitative estimate of drug-likeness (QED) is 0.712. The third-order valence-electron chi connectivity index (χ3n) is 3.62. The van der Waals surface area contributed by atoms with Crippen molar-refractivity contribution in [2.24, 2.45) is 9.98 Å². The van der Waals surface area contributed by atoms with Crippen LogP contribution < -0.4 is 0 Å². The molecule has 0 fully saturated rings. The highest BCUT2D eigenvalue weighted by Gasteiger charge is 1.98. The molecule has 0 bridgehead atoms. The second kappa shape index (κ2) is 8.61. The van der Waals surface area contributed by atoms with Crippen LogP contribution in [0.15, 0.2) is 70.9 Å². The molecule has 3 nitrogen and oxygen atoms in total. The number of hydrogen-bond donors (Lipinski definition) is 0. The van der Waals surface area contributed by atoms with Crippen molar-refractivity contribution in [3.05, 3.63) is 83.2 Å².